The summed E-state index contributed by atoms with van der Waals surface area (Å²) in [7, 11) is 0. The number of benzene rings is 2. The summed E-state index contributed by atoms with van der Waals surface area (Å²) in [6.45, 7) is 4.94. The van der Waals surface area contributed by atoms with Gasteiger partial charge in [0.15, 0.2) is 0 Å². The molecule has 1 N–H and O–H groups in total. The average molecular weight is 284 g/mol. The van der Waals surface area contributed by atoms with Crippen molar-refractivity contribution in [3.8, 4) is 0 Å². The largest absolute Gasteiger partial charge is 0.363 e. The Balaban J connectivity index is 2.00. The smallest absolute Gasteiger partial charge is 0.123 e. The fourth-order valence-electron chi connectivity index (χ4n) is 3.16. The molecule has 0 fully saturated rings. The Kier molecular flexibility index (Phi) is 4.20. The summed E-state index contributed by atoms with van der Waals surface area (Å²) in [6.07, 6.45) is 0.956. The molecule has 2 aromatic rings. The van der Waals surface area contributed by atoms with E-state index in [1.165, 1.54) is 17.3 Å². The maximum Gasteiger partial charge on any atom is 0.123 e. The summed E-state index contributed by atoms with van der Waals surface area (Å²) >= 11 is 0. The minimum Gasteiger partial charge on any atom is -0.363 e. The molecular weight excluding hydrogens is 263 g/mol. The summed E-state index contributed by atoms with van der Waals surface area (Å²) < 4.78 is 13.6. The van der Waals surface area contributed by atoms with Gasteiger partial charge in [0.05, 0.1) is 6.04 Å². The second-order valence-corrected chi connectivity index (χ2v) is 5.48. The minimum atomic E-state index is -0.160. The third kappa shape index (κ3) is 2.93. The summed E-state index contributed by atoms with van der Waals surface area (Å²) in [5.74, 6) is -0.160. The molecule has 1 unspecified atom stereocenters. The van der Waals surface area contributed by atoms with Crippen LogP contribution in [0.25, 0.3) is 0 Å². The lowest BCUT2D eigenvalue weighted by atomic mass is 10.0. The van der Waals surface area contributed by atoms with Gasteiger partial charge in [-0.3, -0.25) is 0 Å². The molecule has 0 aliphatic carbocycles. The molecule has 1 atom stereocenters. The van der Waals surface area contributed by atoms with Crippen molar-refractivity contribution in [1.29, 1.82) is 0 Å². The summed E-state index contributed by atoms with van der Waals surface area (Å²) in [5, 5.41) is 3.46. The zero-order valence-corrected chi connectivity index (χ0v) is 12.3. The maximum absolute atomic E-state index is 13.6. The lowest BCUT2D eigenvalue weighted by Crippen LogP contribution is -2.32. The lowest BCUT2D eigenvalue weighted by Gasteiger charge is -2.33. The van der Waals surface area contributed by atoms with Crippen LogP contribution in [0.15, 0.2) is 48.5 Å². The molecule has 3 heteroatoms. The van der Waals surface area contributed by atoms with E-state index < -0.39 is 0 Å². The first-order chi connectivity index (χ1) is 10.3. The first-order valence-corrected chi connectivity index (χ1v) is 7.60. The van der Waals surface area contributed by atoms with Crippen molar-refractivity contribution in [2.45, 2.75) is 25.9 Å². The highest BCUT2D eigenvalue weighted by Gasteiger charge is 2.23. The highest BCUT2D eigenvalue weighted by Crippen LogP contribution is 2.33. The van der Waals surface area contributed by atoms with Gasteiger partial charge in [-0.2, -0.15) is 0 Å². The molecule has 0 amide bonds. The van der Waals surface area contributed by atoms with Crippen LogP contribution in [0, 0.1) is 5.82 Å². The van der Waals surface area contributed by atoms with Crippen LogP contribution in [-0.2, 0) is 6.54 Å². The van der Waals surface area contributed by atoms with E-state index in [9.17, 15) is 4.39 Å². The Morgan fingerprint density at radius 2 is 2.05 bits per heavy atom. The molecule has 1 heterocycles. The van der Waals surface area contributed by atoms with Crippen molar-refractivity contribution in [2.24, 2.45) is 0 Å². The van der Waals surface area contributed by atoms with Gasteiger partial charge >= 0.3 is 0 Å². The Hall–Kier alpha value is -1.87. The monoisotopic (exact) mass is 284 g/mol. The van der Waals surface area contributed by atoms with Crippen LogP contribution < -0.4 is 10.2 Å². The maximum atomic E-state index is 13.6. The summed E-state index contributed by atoms with van der Waals surface area (Å²) in [6, 6.07) is 15.7. The summed E-state index contributed by atoms with van der Waals surface area (Å²) in [5.41, 5.74) is 3.62. The highest BCUT2D eigenvalue weighted by atomic mass is 19.1. The topological polar surface area (TPSA) is 15.3 Å². The van der Waals surface area contributed by atoms with Gasteiger partial charge < -0.3 is 10.2 Å². The van der Waals surface area contributed by atoms with Crippen LogP contribution >= 0.6 is 0 Å². The standard InChI is InChI=1S/C18H21FN2/c1-2-17(14-7-5-8-16(19)12-14)21-11-10-20-13-15-6-3-4-9-18(15)21/h3-9,12,17,20H,2,10-11,13H2,1H3. The van der Waals surface area contributed by atoms with Crippen molar-refractivity contribution in [2.75, 3.05) is 18.0 Å². The lowest BCUT2D eigenvalue weighted by molar-refractivity contribution is 0.579. The third-order valence-corrected chi connectivity index (χ3v) is 4.14. The molecule has 0 radical (unpaired) electrons. The first kappa shape index (κ1) is 14.1. The van der Waals surface area contributed by atoms with Crippen molar-refractivity contribution in [3.05, 3.63) is 65.5 Å². The highest BCUT2D eigenvalue weighted by molar-refractivity contribution is 5.56. The van der Waals surface area contributed by atoms with Crippen LogP contribution in [0.2, 0.25) is 0 Å². The van der Waals surface area contributed by atoms with E-state index in [1.807, 2.05) is 6.07 Å². The number of halogens is 1. The number of hydrogen-bond acceptors (Lipinski definition) is 2. The van der Waals surface area contributed by atoms with Gasteiger partial charge in [0, 0.05) is 25.3 Å². The molecule has 0 saturated heterocycles. The van der Waals surface area contributed by atoms with Crippen molar-refractivity contribution < 1.29 is 4.39 Å². The van der Waals surface area contributed by atoms with Crippen molar-refractivity contribution in [3.63, 3.8) is 0 Å². The van der Waals surface area contributed by atoms with E-state index in [4.69, 9.17) is 0 Å². The van der Waals surface area contributed by atoms with Crippen molar-refractivity contribution in [1.82, 2.24) is 5.32 Å². The second-order valence-electron chi connectivity index (χ2n) is 5.48. The Morgan fingerprint density at radius 3 is 2.86 bits per heavy atom. The molecule has 2 aromatic carbocycles. The Bertz CT molecular complexity index is 612. The van der Waals surface area contributed by atoms with E-state index in [1.54, 1.807) is 12.1 Å². The molecule has 2 nitrogen and oxygen atoms in total. The molecule has 110 valence electrons. The molecule has 1 aliphatic heterocycles. The van der Waals surface area contributed by atoms with Gasteiger partial charge in [0.25, 0.3) is 0 Å². The SMILES string of the molecule is CCC(c1cccc(F)c1)N1CCNCc2ccccc21. The quantitative estimate of drug-likeness (QED) is 0.920. The van der Waals surface area contributed by atoms with Gasteiger partial charge in [-0.15, -0.1) is 0 Å². The van der Waals surface area contributed by atoms with Crippen LogP contribution in [0.4, 0.5) is 10.1 Å². The molecule has 0 aromatic heterocycles. The molecule has 21 heavy (non-hydrogen) atoms. The number of anilines is 1. The van der Waals surface area contributed by atoms with Gasteiger partial charge in [-0.25, -0.2) is 4.39 Å². The zero-order chi connectivity index (χ0) is 14.7. The van der Waals surface area contributed by atoms with Gasteiger partial charge in [0.1, 0.15) is 5.82 Å². The Morgan fingerprint density at radius 1 is 1.19 bits per heavy atom. The third-order valence-electron chi connectivity index (χ3n) is 4.14. The number of rotatable bonds is 3. The minimum absolute atomic E-state index is 0.160. The number of nitrogens with zero attached hydrogens (tertiary/aromatic N) is 1. The fourth-order valence-corrected chi connectivity index (χ4v) is 3.16. The van der Waals surface area contributed by atoms with Crippen LogP contribution in [0.5, 0.6) is 0 Å². The van der Waals surface area contributed by atoms with Crippen LogP contribution in [0.3, 0.4) is 0 Å². The molecule has 1 aliphatic rings. The van der Waals surface area contributed by atoms with E-state index in [0.29, 0.717) is 0 Å². The second kappa shape index (κ2) is 6.27. The molecular formula is C18H21FN2. The molecule has 0 spiro atoms. The predicted molar refractivity (Wildman–Crippen MR) is 84.9 cm³/mol. The van der Waals surface area contributed by atoms with Crippen LogP contribution in [0.1, 0.15) is 30.5 Å². The first-order valence-electron chi connectivity index (χ1n) is 7.60. The number of hydrogen-bond donors (Lipinski definition) is 1. The number of nitrogens with one attached hydrogen (secondary N) is 1. The van der Waals surface area contributed by atoms with Crippen LogP contribution in [-0.4, -0.2) is 13.1 Å². The zero-order valence-electron chi connectivity index (χ0n) is 12.3. The molecule has 3 rings (SSSR count). The van der Waals surface area contributed by atoms with E-state index in [-0.39, 0.29) is 11.9 Å². The van der Waals surface area contributed by atoms with Gasteiger partial charge in [-0.05, 0) is 35.7 Å². The predicted octanol–water partition coefficient (Wildman–Crippen LogP) is 3.89. The number of fused-ring (bicyclic) bond motifs is 1. The van der Waals surface area contributed by atoms with Gasteiger partial charge in [-0.1, -0.05) is 37.3 Å². The molecule has 0 saturated carbocycles. The fraction of sp³-hybridized carbons (Fsp3) is 0.333. The van der Waals surface area contributed by atoms with Gasteiger partial charge in [0.2, 0.25) is 0 Å². The summed E-state index contributed by atoms with van der Waals surface area (Å²) in [4.78, 5) is 2.41. The normalized spacial score (nSPS) is 16.2. The van der Waals surface area contributed by atoms with E-state index in [2.05, 4.69) is 41.4 Å². The molecule has 0 bridgehead atoms. The number of para-hydroxylation sites is 1. The Labute approximate surface area is 125 Å². The van der Waals surface area contributed by atoms with E-state index in [0.717, 1.165) is 31.6 Å². The van der Waals surface area contributed by atoms with E-state index >= 15 is 0 Å². The average Bonchev–Trinajstić information content (AvgIpc) is 2.71. The van der Waals surface area contributed by atoms with Crippen molar-refractivity contribution >= 4 is 5.69 Å².